The van der Waals surface area contributed by atoms with E-state index in [4.69, 9.17) is 4.74 Å². The third-order valence-corrected chi connectivity index (χ3v) is 4.12. The van der Waals surface area contributed by atoms with Crippen LogP contribution in [0.4, 0.5) is 4.39 Å². The molecule has 0 aliphatic rings. The molecular weight excluding hydrogens is 371 g/mol. The van der Waals surface area contributed by atoms with Gasteiger partial charge < -0.3 is 15.0 Å². The average molecular weight is 394 g/mol. The summed E-state index contributed by atoms with van der Waals surface area (Å²) in [6.07, 6.45) is 0. The van der Waals surface area contributed by atoms with Crippen LogP contribution in [0.3, 0.4) is 0 Å². The Morgan fingerprint density at radius 2 is 1.96 bits per heavy atom. The van der Waals surface area contributed by atoms with E-state index in [0.717, 1.165) is 11.5 Å². The molecule has 0 bridgehead atoms. The first-order valence-corrected chi connectivity index (χ1v) is 9.21. The highest BCUT2D eigenvalue weighted by Gasteiger charge is 2.34. The molecule has 1 N–H and O–H groups in total. The molecule has 1 aromatic carbocycles. The lowest BCUT2D eigenvalue weighted by Crippen LogP contribution is -2.50. The molecule has 2 rings (SSSR count). The van der Waals surface area contributed by atoms with E-state index in [1.807, 2.05) is 20.8 Å². The molecular formula is C18H23FN4O3S. The second-order valence-electron chi connectivity index (χ2n) is 6.97. The van der Waals surface area contributed by atoms with E-state index in [1.54, 1.807) is 0 Å². The molecule has 1 heterocycles. The van der Waals surface area contributed by atoms with Crippen molar-refractivity contribution in [2.75, 3.05) is 20.3 Å². The van der Waals surface area contributed by atoms with Crippen LogP contribution < -0.4 is 5.32 Å². The minimum absolute atomic E-state index is 0.145. The fourth-order valence-electron chi connectivity index (χ4n) is 2.50. The Hall–Kier alpha value is -2.39. The lowest BCUT2D eigenvalue weighted by Gasteiger charge is -2.33. The second kappa shape index (κ2) is 9.01. The van der Waals surface area contributed by atoms with Crippen molar-refractivity contribution in [2.45, 2.75) is 32.4 Å². The monoisotopic (exact) mass is 394 g/mol. The van der Waals surface area contributed by atoms with Gasteiger partial charge in [-0.2, -0.15) is 0 Å². The van der Waals surface area contributed by atoms with Gasteiger partial charge in [-0.25, -0.2) is 4.39 Å². The molecule has 0 fully saturated rings. The molecule has 2 aromatic rings. The molecule has 1 atom stereocenters. The Balaban J connectivity index is 2.46. The highest BCUT2D eigenvalue weighted by Crippen LogP contribution is 2.24. The second-order valence-corrected chi connectivity index (χ2v) is 7.58. The van der Waals surface area contributed by atoms with Gasteiger partial charge in [0.2, 0.25) is 5.91 Å². The van der Waals surface area contributed by atoms with Crippen LogP contribution in [-0.2, 0) is 9.53 Å². The normalized spacial score (nSPS) is 12.5. The number of carbonyl (C=O) groups excluding carboxylic acids is 2. The molecule has 7 nitrogen and oxygen atoms in total. The van der Waals surface area contributed by atoms with Gasteiger partial charge in [0.1, 0.15) is 11.9 Å². The van der Waals surface area contributed by atoms with E-state index in [-0.39, 0.29) is 24.8 Å². The first kappa shape index (κ1) is 20.9. The minimum Gasteiger partial charge on any atom is -0.383 e. The number of ether oxygens (including phenoxy) is 1. The lowest BCUT2D eigenvalue weighted by molar-refractivity contribution is -0.127. The van der Waals surface area contributed by atoms with Gasteiger partial charge in [-0.15, -0.1) is 5.10 Å². The number of halogens is 1. The van der Waals surface area contributed by atoms with E-state index in [0.29, 0.717) is 5.56 Å². The zero-order chi connectivity index (χ0) is 20.0. The van der Waals surface area contributed by atoms with Gasteiger partial charge in [0.15, 0.2) is 5.69 Å². The third-order valence-electron chi connectivity index (χ3n) is 3.62. The summed E-state index contributed by atoms with van der Waals surface area (Å²) in [6.45, 7) is 5.92. The smallest absolute Gasteiger partial charge is 0.276 e. The summed E-state index contributed by atoms with van der Waals surface area (Å²) in [5.41, 5.74) is 0.130. The molecule has 0 unspecified atom stereocenters. The van der Waals surface area contributed by atoms with Crippen molar-refractivity contribution in [3.63, 3.8) is 0 Å². The number of hydrogen-bond acceptors (Lipinski definition) is 6. The van der Waals surface area contributed by atoms with Gasteiger partial charge in [0.25, 0.3) is 5.91 Å². The van der Waals surface area contributed by atoms with E-state index < -0.39 is 23.3 Å². The predicted molar refractivity (Wildman–Crippen MR) is 99.9 cm³/mol. The van der Waals surface area contributed by atoms with Crippen LogP contribution >= 0.6 is 11.5 Å². The quantitative estimate of drug-likeness (QED) is 0.780. The number of benzene rings is 1. The van der Waals surface area contributed by atoms with Gasteiger partial charge in [-0.1, -0.05) is 16.6 Å². The Labute approximate surface area is 161 Å². The van der Waals surface area contributed by atoms with Crippen molar-refractivity contribution in [2.24, 2.45) is 0 Å². The van der Waals surface area contributed by atoms with E-state index in [1.165, 1.54) is 41.7 Å². The van der Waals surface area contributed by atoms with Crippen molar-refractivity contribution >= 4 is 23.3 Å². The molecule has 27 heavy (non-hydrogen) atoms. The van der Waals surface area contributed by atoms with Gasteiger partial charge in [0, 0.05) is 24.6 Å². The Morgan fingerprint density at radius 3 is 2.48 bits per heavy atom. The molecule has 9 heteroatoms. The van der Waals surface area contributed by atoms with E-state index in [9.17, 15) is 14.0 Å². The Morgan fingerprint density at radius 1 is 1.30 bits per heavy atom. The average Bonchev–Trinajstić information content (AvgIpc) is 3.12. The van der Waals surface area contributed by atoms with Crippen molar-refractivity contribution in [1.82, 2.24) is 19.8 Å². The number of carbonyl (C=O) groups is 2. The number of rotatable bonds is 7. The van der Waals surface area contributed by atoms with Crippen LogP contribution in [0.25, 0.3) is 0 Å². The van der Waals surface area contributed by atoms with Crippen LogP contribution in [0.15, 0.2) is 29.6 Å². The number of amides is 2. The predicted octanol–water partition coefficient (Wildman–Crippen LogP) is 2.42. The molecule has 0 saturated carbocycles. The van der Waals surface area contributed by atoms with Crippen LogP contribution in [0.1, 0.15) is 42.9 Å². The lowest BCUT2D eigenvalue weighted by atomic mass is 10.0. The van der Waals surface area contributed by atoms with Crippen LogP contribution in [-0.4, -0.2) is 52.1 Å². The Bertz CT molecular complexity index is 760. The molecule has 0 aliphatic heterocycles. The first-order valence-electron chi connectivity index (χ1n) is 8.37. The van der Waals surface area contributed by atoms with Crippen LogP contribution in [0.5, 0.6) is 0 Å². The van der Waals surface area contributed by atoms with Gasteiger partial charge >= 0.3 is 0 Å². The fourth-order valence-corrected chi connectivity index (χ4v) is 2.93. The van der Waals surface area contributed by atoms with Gasteiger partial charge in [-0.3, -0.25) is 9.59 Å². The largest absolute Gasteiger partial charge is 0.383 e. The molecule has 1 aromatic heterocycles. The molecule has 0 aliphatic carbocycles. The number of nitrogens with one attached hydrogen (secondary N) is 1. The molecule has 0 saturated heterocycles. The third kappa shape index (κ3) is 5.80. The van der Waals surface area contributed by atoms with Crippen molar-refractivity contribution < 1.29 is 18.7 Å². The zero-order valence-corrected chi connectivity index (χ0v) is 16.5. The zero-order valence-electron chi connectivity index (χ0n) is 15.7. The highest BCUT2D eigenvalue weighted by molar-refractivity contribution is 7.03. The Kier molecular flexibility index (Phi) is 6.98. The van der Waals surface area contributed by atoms with Crippen LogP contribution in [0, 0.1) is 5.82 Å². The maximum atomic E-state index is 13.4. The number of methoxy groups -OCH3 is 1. The number of hydrogen-bond donors (Lipinski definition) is 1. The molecule has 0 radical (unpaired) electrons. The maximum Gasteiger partial charge on any atom is 0.276 e. The van der Waals surface area contributed by atoms with Crippen molar-refractivity contribution in [3.8, 4) is 0 Å². The van der Waals surface area contributed by atoms with Gasteiger partial charge in [0.05, 0.1) is 6.61 Å². The van der Waals surface area contributed by atoms with Crippen molar-refractivity contribution in [3.05, 3.63) is 46.7 Å². The summed E-state index contributed by atoms with van der Waals surface area (Å²) < 4.78 is 22.2. The number of aromatic nitrogens is 2. The summed E-state index contributed by atoms with van der Waals surface area (Å²) in [6, 6.07) is 4.55. The number of nitrogens with zero attached hydrogens (tertiary/aromatic N) is 3. The summed E-state index contributed by atoms with van der Waals surface area (Å²) in [5.74, 6) is -1.24. The highest BCUT2D eigenvalue weighted by atomic mass is 32.1. The van der Waals surface area contributed by atoms with Crippen LogP contribution in [0.2, 0.25) is 0 Å². The van der Waals surface area contributed by atoms with Gasteiger partial charge in [-0.05, 0) is 50.0 Å². The van der Waals surface area contributed by atoms with Crippen molar-refractivity contribution in [1.29, 1.82) is 0 Å². The summed E-state index contributed by atoms with van der Waals surface area (Å²) >= 11 is 1.05. The standard InChI is InChI=1S/C18H23FN4O3S/c1-18(2,3)20-16(24)15(12-5-7-13(19)8-6-12)23(9-10-26-4)17(25)14-11-27-22-21-14/h5-8,11,15H,9-10H2,1-4H3,(H,20,24)/t15-/m0/s1. The summed E-state index contributed by atoms with van der Waals surface area (Å²) in [7, 11) is 1.51. The fraction of sp³-hybridized carbons (Fsp3) is 0.444. The molecule has 0 spiro atoms. The topological polar surface area (TPSA) is 84.4 Å². The SMILES string of the molecule is COCCN(C(=O)c1csnn1)[C@H](C(=O)NC(C)(C)C)c1ccc(F)cc1. The summed E-state index contributed by atoms with van der Waals surface area (Å²) in [4.78, 5) is 27.4. The molecule has 146 valence electrons. The van der Waals surface area contributed by atoms with E-state index >= 15 is 0 Å². The van der Waals surface area contributed by atoms with E-state index in [2.05, 4.69) is 14.9 Å². The summed E-state index contributed by atoms with van der Waals surface area (Å²) in [5, 5.41) is 8.22. The minimum atomic E-state index is -0.964. The maximum absolute atomic E-state index is 13.4. The first-order chi connectivity index (χ1) is 12.7. The molecule has 2 amide bonds.